The monoisotopic (exact) mass is 228 g/mol. The molecule has 0 aliphatic heterocycles. The molecule has 5 N–H and O–H groups in total. The molecule has 0 atom stereocenters. The topological polar surface area (TPSA) is 96.2 Å². The van der Waals surface area contributed by atoms with Gasteiger partial charge in [-0.3, -0.25) is 0 Å². The van der Waals surface area contributed by atoms with Crippen LogP contribution >= 0.6 is 11.6 Å². The van der Waals surface area contributed by atoms with Crippen LogP contribution in [0, 0.1) is 0 Å². The molecular weight excluding hydrogens is 220 g/mol. The molecule has 0 aromatic heterocycles. The Bertz CT molecular complexity index is 383. The van der Waals surface area contributed by atoms with Gasteiger partial charge in [-0.15, -0.1) is 0 Å². The fourth-order valence-corrected chi connectivity index (χ4v) is 1.04. The quantitative estimate of drug-likeness (QED) is 0.541. The maximum absolute atomic E-state index is 11.1. The first-order valence-electron chi connectivity index (χ1n) is 3.96. The normalized spacial score (nSPS) is 9.13. The average Bonchev–Trinajstić information content (AvgIpc) is 2.15. The molecule has 0 bridgehead atoms. The Morgan fingerprint density at radius 3 is 2.60 bits per heavy atom. The van der Waals surface area contributed by atoms with Gasteiger partial charge in [0.2, 0.25) is 0 Å². The van der Waals surface area contributed by atoms with Crippen LogP contribution in [-0.4, -0.2) is 12.1 Å². The largest absolute Gasteiger partial charge is 0.350 e. The highest BCUT2D eigenvalue weighted by Gasteiger charge is 2.01. The summed E-state index contributed by atoms with van der Waals surface area (Å²) in [5, 5.41) is 2.93. The Balaban J connectivity index is 2.48. The average molecular weight is 229 g/mol. The molecule has 0 saturated carbocycles. The molecule has 0 aliphatic rings. The van der Waals surface area contributed by atoms with Crippen LogP contribution in [0.2, 0.25) is 5.02 Å². The van der Waals surface area contributed by atoms with Gasteiger partial charge in [0.25, 0.3) is 0 Å². The minimum Gasteiger partial charge on any atom is -0.350 e. The zero-order valence-electron chi connectivity index (χ0n) is 7.58. The van der Waals surface area contributed by atoms with E-state index in [4.69, 9.17) is 17.3 Å². The summed E-state index contributed by atoms with van der Waals surface area (Å²) in [7, 11) is 0. The molecule has 7 heteroatoms. The lowest BCUT2D eigenvalue weighted by atomic mass is 10.3. The molecule has 80 valence electrons. The minimum atomic E-state index is -0.851. The molecule has 1 rings (SSSR count). The fourth-order valence-electron chi connectivity index (χ4n) is 0.847. The number of carbonyl (C=O) groups is 2. The predicted octanol–water partition coefficient (Wildman–Crippen LogP) is 1.04. The molecule has 6 nitrogen and oxygen atoms in total. The van der Waals surface area contributed by atoms with E-state index in [1.807, 2.05) is 10.9 Å². The van der Waals surface area contributed by atoms with Crippen LogP contribution < -0.4 is 21.9 Å². The van der Waals surface area contributed by atoms with Crippen LogP contribution in [0.1, 0.15) is 0 Å². The molecule has 0 heterocycles. The molecule has 0 saturated heterocycles. The number of primary amides is 1. The minimum absolute atomic E-state index is 0.496. The molecule has 1 aromatic rings. The van der Waals surface area contributed by atoms with Gasteiger partial charge in [0.15, 0.2) is 0 Å². The van der Waals surface area contributed by atoms with Crippen molar-refractivity contribution in [3.05, 3.63) is 29.3 Å². The molecule has 15 heavy (non-hydrogen) atoms. The number of hydrazine groups is 1. The smallest absolute Gasteiger partial charge is 0.337 e. The predicted molar refractivity (Wildman–Crippen MR) is 56.3 cm³/mol. The number of hydrogen-bond donors (Lipinski definition) is 4. The van der Waals surface area contributed by atoms with Crippen molar-refractivity contribution in [3.8, 4) is 0 Å². The van der Waals surface area contributed by atoms with E-state index in [1.54, 1.807) is 24.3 Å². The summed E-state index contributed by atoms with van der Waals surface area (Å²) in [6.45, 7) is 0. The van der Waals surface area contributed by atoms with Gasteiger partial charge >= 0.3 is 12.1 Å². The van der Waals surface area contributed by atoms with Crippen LogP contribution in [0.15, 0.2) is 24.3 Å². The molecule has 4 amide bonds. The summed E-state index contributed by atoms with van der Waals surface area (Å²) in [6.07, 6.45) is 0. The van der Waals surface area contributed by atoms with E-state index >= 15 is 0 Å². The number of anilines is 1. The summed E-state index contributed by atoms with van der Waals surface area (Å²) in [5.74, 6) is 0. The second kappa shape index (κ2) is 5.06. The Hall–Kier alpha value is -1.95. The molecule has 0 aliphatic carbocycles. The number of urea groups is 2. The van der Waals surface area contributed by atoms with Crippen molar-refractivity contribution in [1.82, 2.24) is 10.9 Å². The third kappa shape index (κ3) is 4.19. The highest BCUT2D eigenvalue weighted by Crippen LogP contribution is 2.14. The lowest BCUT2D eigenvalue weighted by molar-refractivity contribution is 0.235. The summed E-state index contributed by atoms with van der Waals surface area (Å²) < 4.78 is 0. The van der Waals surface area contributed by atoms with Gasteiger partial charge in [-0.1, -0.05) is 17.7 Å². The summed E-state index contributed by atoms with van der Waals surface area (Å²) >= 11 is 5.69. The Kier molecular flexibility index (Phi) is 3.75. The molecule has 0 radical (unpaired) electrons. The first-order valence-corrected chi connectivity index (χ1v) is 4.34. The second-order valence-electron chi connectivity index (χ2n) is 2.58. The van der Waals surface area contributed by atoms with Crippen LogP contribution in [0.4, 0.5) is 15.3 Å². The Labute approximate surface area is 90.7 Å². The maximum Gasteiger partial charge on any atom is 0.337 e. The zero-order chi connectivity index (χ0) is 11.3. The fraction of sp³-hybridized carbons (Fsp3) is 0. The van der Waals surface area contributed by atoms with Gasteiger partial charge in [0.05, 0.1) is 0 Å². The van der Waals surface area contributed by atoms with E-state index < -0.39 is 12.1 Å². The van der Waals surface area contributed by atoms with Crippen molar-refractivity contribution in [3.63, 3.8) is 0 Å². The highest BCUT2D eigenvalue weighted by atomic mass is 35.5. The van der Waals surface area contributed by atoms with Crippen LogP contribution in [0.5, 0.6) is 0 Å². The Morgan fingerprint density at radius 2 is 2.00 bits per heavy atom. The van der Waals surface area contributed by atoms with Crippen molar-refractivity contribution in [2.45, 2.75) is 0 Å². The standard InChI is InChI=1S/C8H9ClN4O2/c9-5-2-1-3-6(4-5)11-8(15)13-12-7(10)14/h1-4H,(H3,10,12,14)(H2,11,13,15). The van der Waals surface area contributed by atoms with Gasteiger partial charge in [0.1, 0.15) is 0 Å². The van der Waals surface area contributed by atoms with E-state index in [1.165, 1.54) is 0 Å². The number of benzene rings is 1. The van der Waals surface area contributed by atoms with E-state index in [0.717, 1.165) is 0 Å². The second-order valence-corrected chi connectivity index (χ2v) is 3.02. The molecule has 0 fully saturated rings. The number of rotatable bonds is 1. The third-order valence-electron chi connectivity index (χ3n) is 1.38. The number of nitrogens with two attached hydrogens (primary N) is 1. The Morgan fingerprint density at radius 1 is 1.27 bits per heavy atom. The number of hydrogen-bond acceptors (Lipinski definition) is 2. The van der Waals surface area contributed by atoms with E-state index in [9.17, 15) is 9.59 Å². The number of halogens is 1. The maximum atomic E-state index is 11.1. The van der Waals surface area contributed by atoms with Crippen molar-refractivity contribution < 1.29 is 9.59 Å². The van der Waals surface area contributed by atoms with Gasteiger partial charge in [-0.2, -0.15) is 0 Å². The van der Waals surface area contributed by atoms with Crippen molar-refractivity contribution >= 4 is 29.4 Å². The van der Waals surface area contributed by atoms with Crippen LogP contribution in [0.25, 0.3) is 0 Å². The molecule has 1 aromatic carbocycles. The van der Waals surface area contributed by atoms with Crippen molar-refractivity contribution in [2.24, 2.45) is 5.73 Å². The summed E-state index contributed by atoms with van der Waals surface area (Å²) in [6, 6.07) is 5.10. The van der Waals surface area contributed by atoms with Gasteiger partial charge in [0, 0.05) is 10.7 Å². The third-order valence-corrected chi connectivity index (χ3v) is 1.62. The number of carbonyl (C=O) groups excluding carboxylic acids is 2. The van der Waals surface area contributed by atoms with Crippen molar-refractivity contribution in [1.29, 1.82) is 0 Å². The molecular formula is C8H9ClN4O2. The van der Waals surface area contributed by atoms with Crippen LogP contribution in [-0.2, 0) is 0 Å². The van der Waals surface area contributed by atoms with E-state index in [-0.39, 0.29) is 0 Å². The lowest BCUT2D eigenvalue weighted by Gasteiger charge is -2.07. The first-order chi connectivity index (χ1) is 7.08. The molecule has 0 spiro atoms. The van der Waals surface area contributed by atoms with Gasteiger partial charge < -0.3 is 11.1 Å². The van der Waals surface area contributed by atoms with Crippen LogP contribution in [0.3, 0.4) is 0 Å². The molecule has 0 unspecified atom stereocenters. The summed E-state index contributed by atoms with van der Waals surface area (Å²) in [5.41, 5.74) is 9.21. The van der Waals surface area contributed by atoms with E-state index in [2.05, 4.69) is 5.32 Å². The zero-order valence-corrected chi connectivity index (χ0v) is 8.34. The number of nitrogens with one attached hydrogen (secondary N) is 3. The van der Waals surface area contributed by atoms with Gasteiger partial charge in [-0.25, -0.2) is 20.4 Å². The summed E-state index contributed by atoms with van der Waals surface area (Å²) in [4.78, 5) is 21.4. The first kappa shape index (κ1) is 11.1. The van der Waals surface area contributed by atoms with Crippen molar-refractivity contribution in [2.75, 3.05) is 5.32 Å². The lowest BCUT2D eigenvalue weighted by Crippen LogP contribution is -2.46. The van der Waals surface area contributed by atoms with E-state index in [0.29, 0.717) is 10.7 Å². The van der Waals surface area contributed by atoms with Gasteiger partial charge in [-0.05, 0) is 18.2 Å². The SMILES string of the molecule is NC(=O)NNC(=O)Nc1cccc(Cl)c1. The highest BCUT2D eigenvalue weighted by molar-refractivity contribution is 6.30. The number of amides is 4.